The van der Waals surface area contributed by atoms with Crippen LogP contribution in [0.5, 0.6) is 0 Å². The average molecular weight is 209 g/mol. The number of nitrogens with zero attached hydrogens (tertiary/aromatic N) is 1. The maximum absolute atomic E-state index is 4.47. The van der Waals surface area contributed by atoms with Gasteiger partial charge in [0.15, 0.2) is 0 Å². The highest BCUT2D eigenvalue weighted by atomic mass is 32.2. The lowest BCUT2D eigenvalue weighted by atomic mass is 10.2. The number of hydrogen-bond acceptors (Lipinski definition) is 3. The third kappa shape index (κ3) is 4.83. The fraction of sp³-hybridized carbons (Fsp3) is 0.300. The van der Waals surface area contributed by atoms with Crippen LogP contribution in [0.3, 0.4) is 0 Å². The van der Waals surface area contributed by atoms with Gasteiger partial charge in [-0.3, -0.25) is 0 Å². The van der Waals surface area contributed by atoms with Gasteiger partial charge in [0, 0.05) is 11.5 Å². The molecule has 0 atom stereocenters. The van der Waals surface area contributed by atoms with Crippen LogP contribution in [-0.4, -0.2) is 17.5 Å². The summed E-state index contributed by atoms with van der Waals surface area (Å²) in [5.74, 6) is 2.06. The van der Waals surface area contributed by atoms with Crippen molar-refractivity contribution in [2.45, 2.75) is 5.75 Å². The fourth-order valence-corrected chi connectivity index (χ4v) is 1.80. The van der Waals surface area contributed by atoms with E-state index in [2.05, 4.69) is 46.6 Å². The summed E-state index contributed by atoms with van der Waals surface area (Å²) < 4.78 is 0. The Morgan fingerprint density at radius 3 is 2.77 bits per heavy atom. The molecule has 0 aromatic heterocycles. The molecule has 0 amide bonds. The van der Waals surface area contributed by atoms with Crippen molar-refractivity contribution in [3.05, 3.63) is 35.9 Å². The third-order valence-electron chi connectivity index (χ3n) is 1.52. The quantitative estimate of drug-likeness (QED) is 0.420. The van der Waals surface area contributed by atoms with Crippen molar-refractivity contribution in [2.75, 3.05) is 12.3 Å². The van der Waals surface area contributed by atoms with Gasteiger partial charge in [0.1, 0.15) is 0 Å². The maximum atomic E-state index is 4.47. The second kappa shape index (κ2) is 6.84. The molecule has 0 aliphatic rings. The Kier molecular flexibility index (Phi) is 5.50. The summed E-state index contributed by atoms with van der Waals surface area (Å²) in [4.78, 5) is 3.85. The summed E-state index contributed by atoms with van der Waals surface area (Å²) in [5.41, 5.74) is 1.36. The molecule has 0 radical (unpaired) electrons. The summed E-state index contributed by atoms with van der Waals surface area (Å²) in [7, 11) is 0. The minimum atomic E-state index is 0.779. The Balaban J connectivity index is 2.17. The molecular formula is C10H11NS2. The molecule has 0 N–H and O–H groups in total. The first-order chi connectivity index (χ1) is 6.43. The normalized spacial score (nSPS) is 9.23. The molecular weight excluding hydrogens is 198 g/mol. The van der Waals surface area contributed by atoms with E-state index in [0.29, 0.717) is 0 Å². The monoisotopic (exact) mass is 209 g/mol. The van der Waals surface area contributed by atoms with E-state index in [-0.39, 0.29) is 0 Å². The van der Waals surface area contributed by atoms with Crippen LogP contribution in [0.25, 0.3) is 0 Å². The van der Waals surface area contributed by atoms with Gasteiger partial charge in [0.2, 0.25) is 0 Å². The van der Waals surface area contributed by atoms with Crippen molar-refractivity contribution in [3.8, 4) is 0 Å². The first-order valence-corrected chi connectivity index (χ1v) is 5.65. The summed E-state index contributed by atoms with van der Waals surface area (Å²) in [6.45, 7) is 0.779. The second-order valence-electron chi connectivity index (χ2n) is 2.51. The van der Waals surface area contributed by atoms with Crippen LogP contribution >= 0.6 is 24.0 Å². The number of benzene rings is 1. The molecule has 0 fully saturated rings. The molecule has 0 aliphatic heterocycles. The molecule has 3 heteroatoms. The first-order valence-electron chi connectivity index (χ1n) is 4.09. The largest absolute Gasteiger partial charge is 0.232 e. The lowest BCUT2D eigenvalue weighted by Crippen LogP contribution is -1.86. The van der Waals surface area contributed by atoms with E-state index >= 15 is 0 Å². The van der Waals surface area contributed by atoms with Gasteiger partial charge >= 0.3 is 0 Å². The molecule has 1 aromatic rings. The van der Waals surface area contributed by atoms with E-state index in [1.54, 1.807) is 0 Å². The molecule has 0 saturated heterocycles. The Morgan fingerprint density at radius 2 is 2.08 bits per heavy atom. The van der Waals surface area contributed by atoms with E-state index < -0.39 is 0 Å². The lowest BCUT2D eigenvalue weighted by molar-refractivity contribution is 1.16. The third-order valence-corrected chi connectivity index (χ3v) is 2.66. The number of aliphatic imine (C=N–C) groups is 1. The molecule has 1 nitrogen and oxygen atoms in total. The predicted molar refractivity (Wildman–Crippen MR) is 62.5 cm³/mol. The van der Waals surface area contributed by atoms with E-state index in [0.717, 1.165) is 18.1 Å². The Morgan fingerprint density at radius 1 is 1.31 bits per heavy atom. The highest BCUT2D eigenvalue weighted by Crippen LogP contribution is 2.10. The molecule has 1 aromatic carbocycles. The molecule has 0 bridgehead atoms. The molecule has 0 saturated carbocycles. The lowest BCUT2D eigenvalue weighted by Gasteiger charge is -1.98. The number of thioether (sulfide) groups is 1. The van der Waals surface area contributed by atoms with Gasteiger partial charge in [-0.05, 0) is 17.8 Å². The highest BCUT2D eigenvalue weighted by molar-refractivity contribution is 7.98. The molecule has 0 unspecified atom stereocenters. The van der Waals surface area contributed by atoms with Crippen molar-refractivity contribution in [1.29, 1.82) is 0 Å². The second-order valence-corrected chi connectivity index (χ2v) is 3.80. The fourth-order valence-electron chi connectivity index (χ4n) is 0.920. The van der Waals surface area contributed by atoms with E-state index in [1.165, 1.54) is 5.56 Å². The topological polar surface area (TPSA) is 12.4 Å². The van der Waals surface area contributed by atoms with Crippen molar-refractivity contribution in [3.63, 3.8) is 0 Å². The molecule has 1 rings (SSSR count). The van der Waals surface area contributed by atoms with E-state index in [1.807, 2.05) is 17.8 Å². The number of isothiocyanates is 1. The van der Waals surface area contributed by atoms with Gasteiger partial charge < -0.3 is 0 Å². The number of rotatable bonds is 5. The smallest absolute Gasteiger partial charge is 0.0585 e. The van der Waals surface area contributed by atoms with Gasteiger partial charge in [0.05, 0.1) is 11.7 Å². The Labute approximate surface area is 88.3 Å². The molecule has 0 heterocycles. The summed E-state index contributed by atoms with van der Waals surface area (Å²) >= 11 is 6.34. The van der Waals surface area contributed by atoms with Gasteiger partial charge in [-0.25, -0.2) is 4.99 Å². The average Bonchev–Trinajstić information content (AvgIpc) is 2.19. The SMILES string of the molecule is S=C=NCCSCc1ccccc1. The Bertz CT molecular complexity index is 278. The predicted octanol–water partition coefficient (Wildman–Crippen LogP) is 3.02. The van der Waals surface area contributed by atoms with Crippen LogP contribution in [-0.2, 0) is 5.75 Å². The van der Waals surface area contributed by atoms with E-state index in [4.69, 9.17) is 0 Å². The maximum Gasteiger partial charge on any atom is 0.0585 e. The summed E-state index contributed by atoms with van der Waals surface area (Å²) in [6.07, 6.45) is 0. The molecule has 13 heavy (non-hydrogen) atoms. The molecule has 68 valence electrons. The van der Waals surface area contributed by atoms with Gasteiger partial charge in [-0.15, -0.1) is 0 Å². The van der Waals surface area contributed by atoms with Crippen LogP contribution in [0.1, 0.15) is 5.56 Å². The van der Waals surface area contributed by atoms with E-state index in [9.17, 15) is 0 Å². The first kappa shape index (κ1) is 10.5. The van der Waals surface area contributed by atoms with Gasteiger partial charge in [0.25, 0.3) is 0 Å². The van der Waals surface area contributed by atoms with Crippen LogP contribution < -0.4 is 0 Å². The summed E-state index contributed by atoms with van der Waals surface area (Å²) in [6, 6.07) is 10.4. The standard InChI is InChI=1S/C10H11NS2/c12-9-11-6-7-13-8-10-4-2-1-3-5-10/h1-5H,6-8H2. The van der Waals surface area contributed by atoms with Crippen LogP contribution in [0.4, 0.5) is 0 Å². The Hall–Kier alpha value is -0.630. The molecule has 0 aliphatic carbocycles. The zero-order chi connectivity index (χ0) is 9.36. The number of hydrogen-bond donors (Lipinski definition) is 0. The highest BCUT2D eigenvalue weighted by Gasteiger charge is 1.90. The van der Waals surface area contributed by atoms with Gasteiger partial charge in [-0.1, -0.05) is 30.3 Å². The van der Waals surface area contributed by atoms with Crippen molar-refractivity contribution < 1.29 is 0 Å². The van der Waals surface area contributed by atoms with Gasteiger partial charge in [-0.2, -0.15) is 11.8 Å². The van der Waals surface area contributed by atoms with Crippen molar-refractivity contribution in [1.82, 2.24) is 0 Å². The van der Waals surface area contributed by atoms with Crippen LogP contribution in [0, 0.1) is 0 Å². The minimum absolute atomic E-state index is 0.779. The van der Waals surface area contributed by atoms with Crippen LogP contribution in [0.2, 0.25) is 0 Å². The van der Waals surface area contributed by atoms with Crippen molar-refractivity contribution in [2.24, 2.45) is 4.99 Å². The molecule has 0 spiro atoms. The zero-order valence-corrected chi connectivity index (χ0v) is 8.90. The number of thiocarbonyl (C=S) groups is 1. The zero-order valence-electron chi connectivity index (χ0n) is 7.27. The summed E-state index contributed by atoms with van der Waals surface area (Å²) in [5, 5.41) is 2.36. The van der Waals surface area contributed by atoms with Crippen LogP contribution in [0.15, 0.2) is 35.3 Å². The minimum Gasteiger partial charge on any atom is -0.232 e. The van der Waals surface area contributed by atoms with Crippen molar-refractivity contribution >= 4 is 29.1 Å².